The number of carbonyl (C=O) groups excluding carboxylic acids is 1. The van der Waals surface area contributed by atoms with Crippen molar-refractivity contribution in [2.24, 2.45) is 5.10 Å². The molecule has 0 bridgehead atoms. The van der Waals surface area contributed by atoms with Crippen LogP contribution in [0.15, 0.2) is 60.5 Å². The Hall–Kier alpha value is -3.49. The minimum atomic E-state index is -3.21. The van der Waals surface area contributed by atoms with Gasteiger partial charge in [-0.05, 0) is 30.3 Å². The minimum absolute atomic E-state index is 0.0530. The summed E-state index contributed by atoms with van der Waals surface area (Å²) in [5, 5.41) is 8.43. The lowest BCUT2D eigenvalue weighted by Gasteiger charge is -2.26. The van der Waals surface area contributed by atoms with Crippen molar-refractivity contribution in [1.29, 1.82) is 0 Å². The van der Waals surface area contributed by atoms with Gasteiger partial charge in [0.1, 0.15) is 17.2 Å². The summed E-state index contributed by atoms with van der Waals surface area (Å²) in [6.07, 6.45) is 2.84. The SMILES string of the molecule is C=C/C(=N\N1CCNC(=O)C1=C)c1ccnc(-c2cc(F)cc(C(C)(F)F)c2)n1. The molecule has 2 heterocycles. The Kier molecular flexibility index (Phi) is 5.49. The maximum atomic E-state index is 13.9. The van der Waals surface area contributed by atoms with E-state index >= 15 is 0 Å². The van der Waals surface area contributed by atoms with E-state index in [4.69, 9.17) is 0 Å². The third-order valence-electron chi connectivity index (χ3n) is 4.19. The second-order valence-electron chi connectivity index (χ2n) is 6.40. The summed E-state index contributed by atoms with van der Waals surface area (Å²) >= 11 is 0. The fourth-order valence-corrected chi connectivity index (χ4v) is 2.68. The average Bonchev–Trinajstić information content (AvgIpc) is 2.68. The van der Waals surface area contributed by atoms with E-state index in [1.807, 2.05) is 0 Å². The predicted molar refractivity (Wildman–Crippen MR) is 103 cm³/mol. The third-order valence-corrected chi connectivity index (χ3v) is 4.19. The highest BCUT2D eigenvalue weighted by Crippen LogP contribution is 2.30. The summed E-state index contributed by atoms with van der Waals surface area (Å²) in [5.74, 6) is -4.31. The highest BCUT2D eigenvalue weighted by molar-refractivity contribution is 6.07. The van der Waals surface area contributed by atoms with Crippen molar-refractivity contribution in [3.63, 3.8) is 0 Å². The van der Waals surface area contributed by atoms with E-state index in [-0.39, 0.29) is 23.0 Å². The van der Waals surface area contributed by atoms with E-state index in [0.717, 1.165) is 18.2 Å². The lowest BCUT2D eigenvalue weighted by molar-refractivity contribution is -0.120. The number of rotatable bonds is 5. The third kappa shape index (κ3) is 4.50. The van der Waals surface area contributed by atoms with E-state index < -0.39 is 17.3 Å². The number of benzene rings is 1. The van der Waals surface area contributed by atoms with Crippen molar-refractivity contribution in [2.45, 2.75) is 12.8 Å². The first-order valence-corrected chi connectivity index (χ1v) is 8.67. The molecular formula is C20H18F3N5O. The predicted octanol–water partition coefficient (Wildman–Crippen LogP) is 3.23. The molecular weight excluding hydrogens is 383 g/mol. The Labute approximate surface area is 165 Å². The molecule has 0 spiro atoms. The van der Waals surface area contributed by atoms with Crippen LogP contribution >= 0.6 is 0 Å². The highest BCUT2D eigenvalue weighted by Gasteiger charge is 2.26. The number of amides is 1. The molecule has 0 radical (unpaired) electrons. The van der Waals surface area contributed by atoms with E-state index in [2.05, 4.69) is 33.5 Å². The summed E-state index contributed by atoms with van der Waals surface area (Å²) in [6, 6.07) is 4.54. The highest BCUT2D eigenvalue weighted by atomic mass is 19.3. The van der Waals surface area contributed by atoms with Crippen LogP contribution in [-0.4, -0.2) is 39.7 Å². The van der Waals surface area contributed by atoms with Crippen LogP contribution in [0.1, 0.15) is 18.2 Å². The standard InChI is InChI=1S/C20H18F3N5O/c1-4-16(27-28-8-7-25-19(29)12(28)2)17-5-6-24-18(26-17)13-9-14(20(3,22)23)11-15(21)10-13/h4-6,9-11H,1-2,7-8H2,3H3,(H,25,29)/b27-16+. The minimum Gasteiger partial charge on any atom is -0.349 e. The van der Waals surface area contributed by atoms with Gasteiger partial charge in [-0.25, -0.2) is 23.1 Å². The molecule has 1 aliphatic heterocycles. The van der Waals surface area contributed by atoms with Crippen LogP contribution in [0.4, 0.5) is 13.2 Å². The molecule has 1 N–H and O–H groups in total. The number of carbonyl (C=O) groups is 1. The molecule has 1 aromatic carbocycles. The molecule has 1 fully saturated rings. The first-order valence-electron chi connectivity index (χ1n) is 8.67. The zero-order chi connectivity index (χ0) is 21.2. The molecule has 9 heteroatoms. The number of hydrazone groups is 1. The fourth-order valence-electron chi connectivity index (χ4n) is 2.68. The first-order chi connectivity index (χ1) is 13.7. The van der Waals surface area contributed by atoms with Crippen LogP contribution in [-0.2, 0) is 10.7 Å². The van der Waals surface area contributed by atoms with Crippen LogP contribution in [0.3, 0.4) is 0 Å². The van der Waals surface area contributed by atoms with Crippen molar-refractivity contribution in [2.75, 3.05) is 13.1 Å². The number of nitrogens with one attached hydrogen (secondary N) is 1. The van der Waals surface area contributed by atoms with Crippen molar-refractivity contribution >= 4 is 11.6 Å². The molecule has 1 aromatic heterocycles. The molecule has 1 saturated heterocycles. The Morgan fingerprint density at radius 1 is 1.38 bits per heavy atom. The molecule has 2 aromatic rings. The van der Waals surface area contributed by atoms with Gasteiger partial charge >= 0.3 is 0 Å². The average molecular weight is 401 g/mol. The van der Waals surface area contributed by atoms with Gasteiger partial charge in [-0.2, -0.15) is 5.10 Å². The molecule has 29 heavy (non-hydrogen) atoms. The smallest absolute Gasteiger partial charge is 0.270 e. The molecule has 0 saturated carbocycles. The van der Waals surface area contributed by atoms with Gasteiger partial charge < -0.3 is 5.32 Å². The Bertz CT molecular complexity index is 1010. The molecule has 3 rings (SSSR count). The number of hydrogen-bond acceptors (Lipinski definition) is 5. The van der Waals surface area contributed by atoms with Gasteiger partial charge in [-0.3, -0.25) is 9.80 Å². The van der Waals surface area contributed by atoms with Crippen LogP contribution in [0.25, 0.3) is 11.4 Å². The molecule has 0 aliphatic carbocycles. The number of aromatic nitrogens is 2. The lowest BCUT2D eigenvalue weighted by Crippen LogP contribution is -2.43. The summed E-state index contributed by atoms with van der Waals surface area (Å²) in [6.45, 7) is 8.90. The van der Waals surface area contributed by atoms with Crippen molar-refractivity contribution < 1.29 is 18.0 Å². The maximum Gasteiger partial charge on any atom is 0.270 e. The number of piperazine rings is 1. The Balaban J connectivity index is 2.00. The zero-order valence-electron chi connectivity index (χ0n) is 15.6. The largest absolute Gasteiger partial charge is 0.349 e. The first kappa shape index (κ1) is 20.2. The van der Waals surface area contributed by atoms with Gasteiger partial charge in [0.15, 0.2) is 5.82 Å². The van der Waals surface area contributed by atoms with Gasteiger partial charge in [-0.15, -0.1) is 0 Å². The normalized spacial score (nSPS) is 15.3. The van der Waals surface area contributed by atoms with Crippen molar-refractivity contribution in [3.05, 3.63) is 72.5 Å². The van der Waals surface area contributed by atoms with Gasteiger partial charge in [0.2, 0.25) is 0 Å². The summed E-state index contributed by atoms with van der Waals surface area (Å²) in [5.41, 5.74) is 0.452. The molecule has 1 amide bonds. The molecule has 1 aliphatic rings. The number of halogens is 3. The van der Waals surface area contributed by atoms with Crippen LogP contribution < -0.4 is 5.32 Å². The fraction of sp³-hybridized carbons (Fsp3) is 0.200. The molecule has 150 valence electrons. The van der Waals surface area contributed by atoms with E-state index in [9.17, 15) is 18.0 Å². The summed E-state index contributed by atoms with van der Waals surface area (Å²) in [4.78, 5) is 20.1. The second-order valence-corrected chi connectivity index (χ2v) is 6.40. The van der Waals surface area contributed by atoms with Crippen LogP contribution in [0, 0.1) is 5.82 Å². The quantitative estimate of drug-likeness (QED) is 0.617. The van der Waals surface area contributed by atoms with Crippen molar-refractivity contribution in [3.8, 4) is 11.4 Å². The molecule has 0 atom stereocenters. The number of allylic oxidation sites excluding steroid dienone is 1. The maximum absolute atomic E-state index is 13.9. The van der Waals surface area contributed by atoms with Crippen LogP contribution in [0.5, 0.6) is 0 Å². The molecule has 0 unspecified atom stereocenters. The number of nitrogens with zero attached hydrogens (tertiary/aromatic N) is 4. The van der Waals surface area contributed by atoms with Crippen molar-refractivity contribution in [1.82, 2.24) is 20.3 Å². The number of alkyl halides is 2. The zero-order valence-corrected chi connectivity index (χ0v) is 15.6. The topological polar surface area (TPSA) is 70.5 Å². The van der Waals surface area contributed by atoms with Gasteiger partial charge in [0.05, 0.1) is 12.2 Å². The van der Waals surface area contributed by atoms with Crippen LogP contribution in [0.2, 0.25) is 0 Å². The van der Waals surface area contributed by atoms with Gasteiger partial charge in [0.25, 0.3) is 11.8 Å². The number of hydrogen-bond donors (Lipinski definition) is 1. The van der Waals surface area contributed by atoms with Gasteiger partial charge in [-0.1, -0.05) is 13.2 Å². The second kappa shape index (κ2) is 7.86. The summed E-state index contributed by atoms with van der Waals surface area (Å²) < 4.78 is 41.1. The van der Waals surface area contributed by atoms with E-state index in [1.54, 1.807) is 6.07 Å². The van der Waals surface area contributed by atoms with E-state index in [0.29, 0.717) is 31.4 Å². The summed E-state index contributed by atoms with van der Waals surface area (Å²) in [7, 11) is 0. The lowest BCUT2D eigenvalue weighted by atomic mass is 10.1. The van der Waals surface area contributed by atoms with E-state index in [1.165, 1.54) is 17.3 Å². The Morgan fingerprint density at radius 2 is 2.14 bits per heavy atom. The molecule has 6 nitrogen and oxygen atoms in total. The monoisotopic (exact) mass is 401 g/mol. The van der Waals surface area contributed by atoms with Gasteiger partial charge in [0, 0.05) is 30.8 Å². The Morgan fingerprint density at radius 3 is 2.83 bits per heavy atom.